The normalized spacial score (nSPS) is 22.0. The fourth-order valence-electron chi connectivity index (χ4n) is 1.70. The second-order valence-corrected chi connectivity index (χ2v) is 4.04. The van der Waals surface area contributed by atoms with Gasteiger partial charge in [-0.2, -0.15) is 0 Å². The van der Waals surface area contributed by atoms with Crippen molar-refractivity contribution in [3.8, 4) is 5.88 Å². The molecule has 2 heterocycles. The van der Waals surface area contributed by atoms with Crippen LogP contribution in [0.5, 0.6) is 5.88 Å². The van der Waals surface area contributed by atoms with Crippen molar-refractivity contribution in [3.63, 3.8) is 0 Å². The van der Waals surface area contributed by atoms with Gasteiger partial charge < -0.3 is 14.8 Å². The molecule has 1 aromatic rings. The van der Waals surface area contributed by atoms with Crippen LogP contribution in [0.2, 0.25) is 0 Å². The smallest absolute Gasteiger partial charge is 0.213 e. The Balaban J connectivity index is 2.03. The van der Waals surface area contributed by atoms with Gasteiger partial charge in [0.05, 0.1) is 13.2 Å². The zero-order valence-corrected chi connectivity index (χ0v) is 9.77. The highest BCUT2D eigenvalue weighted by Gasteiger charge is 2.17. The zero-order valence-electron chi connectivity index (χ0n) is 9.77. The predicted molar refractivity (Wildman–Crippen MR) is 61.6 cm³/mol. The van der Waals surface area contributed by atoms with Crippen LogP contribution in [0.4, 0.5) is 0 Å². The molecule has 0 aliphatic carbocycles. The standard InChI is InChI=1S/C12H18N2O2/c1-9(13-2)10-3-5-14-12(7-10)16-11-4-6-15-8-11/h3,5,7,9,11,13H,4,6,8H2,1-2H3. The van der Waals surface area contributed by atoms with E-state index in [1.807, 2.05) is 19.2 Å². The van der Waals surface area contributed by atoms with Crippen LogP contribution < -0.4 is 10.1 Å². The van der Waals surface area contributed by atoms with Gasteiger partial charge in [0.1, 0.15) is 6.10 Å². The summed E-state index contributed by atoms with van der Waals surface area (Å²) in [5.74, 6) is 0.690. The van der Waals surface area contributed by atoms with Gasteiger partial charge in [0, 0.05) is 24.7 Å². The molecule has 0 saturated carbocycles. The second kappa shape index (κ2) is 5.27. The molecule has 1 aliphatic rings. The summed E-state index contributed by atoms with van der Waals surface area (Å²) in [6.45, 7) is 3.57. The van der Waals surface area contributed by atoms with Gasteiger partial charge in [0.15, 0.2) is 0 Å². The van der Waals surface area contributed by atoms with Crippen LogP contribution in [0.1, 0.15) is 24.9 Å². The summed E-state index contributed by atoms with van der Waals surface area (Å²) in [5, 5.41) is 3.19. The Kier molecular flexibility index (Phi) is 3.74. The maximum Gasteiger partial charge on any atom is 0.213 e. The largest absolute Gasteiger partial charge is 0.472 e. The van der Waals surface area contributed by atoms with E-state index in [2.05, 4.69) is 17.2 Å². The van der Waals surface area contributed by atoms with E-state index in [-0.39, 0.29) is 6.10 Å². The van der Waals surface area contributed by atoms with Crippen LogP contribution in [-0.2, 0) is 4.74 Å². The third kappa shape index (κ3) is 2.71. The van der Waals surface area contributed by atoms with E-state index in [0.717, 1.165) is 13.0 Å². The molecular formula is C12H18N2O2. The van der Waals surface area contributed by atoms with Crippen molar-refractivity contribution in [1.29, 1.82) is 0 Å². The van der Waals surface area contributed by atoms with Gasteiger partial charge >= 0.3 is 0 Å². The molecular weight excluding hydrogens is 204 g/mol. The van der Waals surface area contributed by atoms with Crippen LogP contribution >= 0.6 is 0 Å². The first-order chi connectivity index (χ1) is 7.79. The maximum absolute atomic E-state index is 5.75. The van der Waals surface area contributed by atoms with Crippen LogP contribution in [0.15, 0.2) is 18.3 Å². The fourth-order valence-corrected chi connectivity index (χ4v) is 1.70. The van der Waals surface area contributed by atoms with Crippen molar-refractivity contribution in [2.45, 2.75) is 25.5 Å². The molecule has 0 spiro atoms. The van der Waals surface area contributed by atoms with Gasteiger partial charge in [-0.3, -0.25) is 0 Å². The quantitative estimate of drug-likeness (QED) is 0.839. The van der Waals surface area contributed by atoms with Gasteiger partial charge in [0.25, 0.3) is 0 Å². The highest BCUT2D eigenvalue weighted by molar-refractivity contribution is 5.23. The van der Waals surface area contributed by atoms with E-state index in [1.165, 1.54) is 5.56 Å². The lowest BCUT2D eigenvalue weighted by atomic mass is 10.1. The zero-order chi connectivity index (χ0) is 11.4. The number of hydrogen-bond acceptors (Lipinski definition) is 4. The minimum atomic E-state index is 0.160. The number of rotatable bonds is 4. The van der Waals surface area contributed by atoms with E-state index in [1.54, 1.807) is 6.20 Å². The molecule has 2 atom stereocenters. The summed E-state index contributed by atoms with van der Waals surface area (Å²) in [5.41, 5.74) is 1.19. The summed E-state index contributed by atoms with van der Waals surface area (Å²) >= 11 is 0. The highest BCUT2D eigenvalue weighted by Crippen LogP contribution is 2.19. The third-order valence-electron chi connectivity index (χ3n) is 2.87. The lowest BCUT2D eigenvalue weighted by molar-refractivity contribution is 0.138. The maximum atomic E-state index is 5.75. The first kappa shape index (κ1) is 11.4. The molecule has 0 aromatic carbocycles. The van der Waals surface area contributed by atoms with Gasteiger partial charge in [-0.05, 0) is 25.6 Å². The number of nitrogens with zero attached hydrogens (tertiary/aromatic N) is 1. The SMILES string of the molecule is CNC(C)c1ccnc(OC2CCOC2)c1. The molecule has 88 valence electrons. The number of pyridine rings is 1. The molecule has 16 heavy (non-hydrogen) atoms. The van der Waals surface area contributed by atoms with Crippen molar-refractivity contribution in [2.24, 2.45) is 0 Å². The number of ether oxygens (including phenoxy) is 2. The molecule has 1 saturated heterocycles. The van der Waals surface area contributed by atoms with Gasteiger partial charge in [-0.25, -0.2) is 4.98 Å². The molecule has 0 amide bonds. The van der Waals surface area contributed by atoms with Crippen LogP contribution in [0, 0.1) is 0 Å². The minimum absolute atomic E-state index is 0.160. The van der Waals surface area contributed by atoms with Crippen molar-refractivity contribution in [1.82, 2.24) is 10.3 Å². The van der Waals surface area contributed by atoms with Crippen LogP contribution in [0.25, 0.3) is 0 Å². The monoisotopic (exact) mass is 222 g/mol. The van der Waals surface area contributed by atoms with E-state index in [0.29, 0.717) is 18.5 Å². The van der Waals surface area contributed by atoms with Crippen LogP contribution in [-0.4, -0.2) is 31.3 Å². The summed E-state index contributed by atoms with van der Waals surface area (Å²) in [7, 11) is 1.94. The Morgan fingerprint density at radius 3 is 3.19 bits per heavy atom. The topological polar surface area (TPSA) is 43.4 Å². The molecule has 1 aromatic heterocycles. The first-order valence-electron chi connectivity index (χ1n) is 5.67. The average molecular weight is 222 g/mol. The van der Waals surface area contributed by atoms with Crippen LogP contribution in [0.3, 0.4) is 0 Å². The summed E-state index contributed by atoms with van der Waals surface area (Å²) in [4.78, 5) is 4.21. The number of nitrogens with one attached hydrogen (secondary N) is 1. The van der Waals surface area contributed by atoms with Gasteiger partial charge in [-0.1, -0.05) is 0 Å². The van der Waals surface area contributed by atoms with Crippen molar-refractivity contribution < 1.29 is 9.47 Å². The lowest BCUT2D eigenvalue weighted by Gasteiger charge is -2.14. The summed E-state index contributed by atoms with van der Waals surface area (Å²) in [6, 6.07) is 4.30. The van der Waals surface area contributed by atoms with Crippen molar-refractivity contribution in [2.75, 3.05) is 20.3 Å². The lowest BCUT2D eigenvalue weighted by Crippen LogP contribution is -2.17. The van der Waals surface area contributed by atoms with Gasteiger partial charge in [0.2, 0.25) is 5.88 Å². The molecule has 0 radical (unpaired) electrons. The molecule has 2 rings (SSSR count). The summed E-state index contributed by atoms with van der Waals surface area (Å²) < 4.78 is 11.0. The third-order valence-corrected chi connectivity index (χ3v) is 2.87. The molecule has 1 fully saturated rings. The Bertz CT molecular complexity index is 338. The predicted octanol–water partition coefficient (Wildman–Crippen LogP) is 1.53. The summed E-state index contributed by atoms with van der Waals surface area (Å²) in [6.07, 6.45) is 2.90. The van der Waals surface area contributed by atoms with E-state index < -0.39 is 0 Å². The second-order valence-electron chi connectivity index (χ2n) is 4.04. The van der Waals surface area contributed by atoms with Crippen molar-refractivity contribution in [3.05, 3.63) is 23.9 Å². The Hall–Kier alpha value is -1.13. The van der Waals surface area contributed by atoms with E-state index in [4.69, 9.17) is 9.47 Å². The molecule has 2 unspecified atom stereocenters. The Morgan fingerprint density at radius 2 is 2.50 bits per heavy atom. The molecule has 4 nitrogen and oxygen atoms in total. The Labute approximate surface area is 96.0 Å². The van der Waals surface area contributed by atoms with E-state index >= 15 is 0 Å². The molecule has 4 heteroatoms. The van der Waals surface area contributed by atoms with Crippen molar-refractivity contribution >= 4 is 0 Å². The molecule has 1 aliphatic heterocycles. The average Bonchev–Trinajstić information content (AvgIpc) is 2.81. The molecule has 1 N–H and O–H groups in total. The number of hydrogen-bond donors (Lipinski definition) is 1. The Morgan fingerprint density at radius 1 is 1.62 bits per heavy atom. The molecule has 0 bridgehead atoms. The van der Waals surface area contributed by atoms with E-state index in [9.17, 15) is 0 Å². The van der Waals surface area contributed by atoms with Gasteiger partial charge in [-0.15, -0.1) is 0 Å². The first-order valence-corrected chi connectivity index (χ1v) is 5.67. The highest BCUT2D eigenvalue weighted by atomic mass is 16.5. The number of aromatic nitrogens is 1. The fraction of sp³-hybridized carbons (Fsp3) is 0.583. The minimum Gasteiger partial charge on any atom is -0.472 e.